The van der Waals surface area contributed by atoms with Gasteiger partial charge < -0.3 is 10.2 Å². The Morgan fingerprint density at radius 3 is 2.86 bits per heavy atom. The number of anilines is 1. The fourth-order valence-corrected chi connectivity index (χ4v) is 1.53. The number of nitrogen functional groups attached to an aromatic ring is 1. The number of hydrogen-bond donors (Lipinski definition) is 2. The Morgan fingerprint density at radius 2 is 2.36 bits per heavy atom. The van der Waals surface area contributed by atoms with Crippen molar-refractivity contribution in [3.63, 3.8) is 0 Å². The summed E-state index contributed by atoms with van der Waals surface area (Å²) in [4.78, 5) is 11.0. The van der Waals surface area contributed by atoms with Crippen LogP contribution in [0.15, 0.2) is 22.7 Å². The zero-order valence-electron chi connectivity index (χ0n) is 7.71. The van der Waals surface area contributed by atoms with Crippen LogP contribution in [0, 0.1) is 0 Å². The van der Waals surface area contributed by atoms with Crippen LogP contribution in [0.2, 0.25) is 0 Å². The summed E-state index contributed by atoms with van der Waals surface area (Å²) in [6.45, 7) is 0. The third-order valence-corrected chi connectivity index (χ3v) is 2.52. The van der Waals surface area contributed by atoms with Crippen molar-refractivity contribution >= 4 is 27.6 Å². The standard InChI is InChI=1S/C9H11BrN2O2/c1-14-9(13)4-6-2-3-7(12-11)5-8(6)10/h2-3,5,12H,4,11H2,1H3. The van der Waals surface area contributed by atoms with Gasteiger partial charge in [-0.1, -0.05) is 22.0 Å². The number of nitrogens with two attached hydrogens (primary N) is 1. The Hall–Kier alpha value is -1.07. The highest BCUT2D eigenvalue weighted by molar-refractivity contribution is 9.10. The number of hydrogen-bond acceptors (Lipinski definition) is 4. The largest absolute Gasteiger partial charge is 0.469 e. The van der Waals surface area contributed by atoms with E-state index < -0.39 is 0 Å². The van der Waals surface area contributed by atoms with Crippen LogP contribution in [0.1, 0.15) is 5.56 Å². The second kappa shape index (κ2) is 4.97. The summed E-state index contributed by atoms with van der Waals surface area (Å²) in [7, 11) is 1.37. The molecule has 0 saturated heterocycles. The molecule has 0 saturated carbocycles. The molecule has 0 aliphatic rings. The van der Waals surface area contributed by atoms with E-state index in [1.54, 1.807) is 12.1 Å². The van der Waals surface area contributed by atoms with Crippen LogP contribution in [0.5, 0.6) is 0 Å². The predicted octanol–water partition coefficient (Wildman–Crippen LogP) is 1.45. The maximum atomic E-state index is 11.0. The van der Waals surface area contributed by atoms with Crippen LogP contribution >= 0.6 is 15.9 Å². The number of rotatable bonds is 3. The van der Waals surface area contributed by atoms with E-state index in [1.807, 2.05) is 6.07 Å². The fourth-order valence-electron chi connectivity index (χ4n) is 1.01. The maximum absolute atomic E-state index is 11.0. The van der Waals surface area contributed by atoms with Gasteiger partial charge >= 0.3 is 5.97 Å². The van der Waals surface area contributed by atoms with Gasteiger partial charge in [0.05, 0.1) is 13.5 Å². The number of carbonyl (C=O) groups is 1. The Balaban J connectivity index is 2.83. The van der Waals surface area contributed by atoms with Crippen molar-refractivity contribution in [2.75, 3.05) is 12.5 Å². The minimum absolute atomic E-state index is 0.252. The average Bonchev–Trinajstić information content (AvgIpc) is 2.20. The van der Waals surface area contributed by atoms with Crippen molar-refractivity contribution in [2.45, 2.75) is 6.42 Å². The lowest BCUT2D eigenvalue weighted by Gasteiger charge is -2.05. The molecule has 0 heterocycles. The average molecular weight is 259 g/mol. The van der Waals surface area contributed by atoms with Crippen LogP contribution in [0.3, 0.4) is 0 Å². The maximum Gasteiger partial charge on any atom is 0.310 e. The van der Waals surface area contributed by atoms with Crippen molar-refractivity contribution in [3.05, 3.63) is 28.2 Å². The first kappa shape index (κ1) is 11.0. The number of benzene rings is 1. The second-order valence-corrected chi connectivity index (χ2v) is 3.56. The predicted molar refractivity (Wildman–Crippen MR) is 57.7 cm³/mol. The SMILES string of the molecule is COC(=O)Cc1ccc(NN)cc1Br. The van der Waals surface area contributed by atoms with Crippen LogP contribution in [-0.2, 0) is 16.0 Å². The molecule has 0 fully saturated rings. The Bertz CT molecular complexity index is 342. The highest BCUT2D eigenvalue weighted by Crippen LogP contribution is 2.21. The molecule has 1 rings (SSSR count). The van der Waals surface area contributed by atoms with Gasteiger partial charge in [0.1, 0.15) is 0 Å². The number of carbonyl (C=O) groups excluding carboxylic acids is 1. The van der Waals surface area contributed by atoms with E-state index in [1.165, 1.54) is 7.11 Å². The molecule has 1 aromatic carbocycles. The Labute approximate surface area is 90.5 Å². The van der Waals surface area contributed by atoms with Gasteiger partial charge in [0.15, 0.2) is 0 Å². The summed E-state index contributed by atoms with van der Waals surface area (Å²) in [5, 5.41) is 0. The normalized spacial score (nSPS) is 9.64. The molecule has 1 aromatic rings. The first-order valence-corrected chi connectivity index (χ1v) is 4.78. The quantitative estimate of drug-likeness (QED) is 0.490. The molecule has 76 valence electrons. The van der Waals surface area contributed by atoms with E-state index >= 15 is 0 Å². The fraction of sp³-hybridized carbons (Fsp3) is 0.222. The number of nitrogens with one attached hydrogen (secondary N) is 1. The summed E-state index contributed by atoms with van der Waals surface area (Å²) in [5.41, 5.74) is 4.17. The minimum Gasteiger partial charge on any atom is -0.469 e. The van der Waals surface area contributed by atoms with Crippen LogP contribution in [0.25, 0.3) is 0 Å². The molecule has 0 radical (unpaired) electrons. The highest BCUT2D eigenvalue weighted by Gasteiger charge is 2.06. The second-order valence-electron chi connectivity index (χ2n) is 2.70. The molecule has 0 amide bonds. The number of esters is 1. The third-order valence-electron chi connectivity index (χ3n) is 1.78. The van der Waals surface area contributed by atoms with Crippen LogP contribution in [-0.4, -0.2) is 13.1 Å². The lowest BCUT2D eigenvalue weighted by molar-refractivity contribution is -0.139. The van der Waals surface area contributed by atoms with E-state index in [-0.39, 0.29) is 12.4 Å². The molecule has 0 bridgehead atoms. The summed E-state index contributed by atoms with van der Waals surface area (Å²) in [6.07, 6.45) is 0.252. The van der Waals surface area contributed by atoms with Crippen molar-refractivity contribution in [1.29, 1.82) is 0 Å². The van der Waals surface area contributed by atoms with E-state index in [4.69, 9.17) is 5.84 Å². The van der Waals surface area contributed by atoms with Gasteiger partial charge in [0.2, 0.25) is 0 Å². The molecular formula is C9H11BrN2O2. The van der Waals surface area contributed by atoms with Crippen LogP contribution in [0.4, 0.5) is 5.69 Å². The smallest absolute Gasteiger partial charge is 0.310 e. The zero-order valence-corrected chi connectivity index (χ0v) is 9.30. The van der Waals surface area contributed by atoms with E-state index in [9.17, 15) is 4.79 Å². The van der Waals surface area contributed by atoms with Crippen LogP contribution < -0.4 is 11.3 Å². The molecule has 0 unspecified atom stereocenters. The molecule has 4 nitrogen and oxygen atoms in total. The van der Waals surface area contributed by atoms with Crippen molar-refractivity contribution in [2.24, 2.45) is 5.84 Å². The number of methoxy groups -OCH3 is 1. The van der Waals surface area contributed by atoms with E-state index in [0.717, 1.165) is 15.7 Å². The van der Waals surface area contributed by atoms with Gasteiger partial charge in [-0.25, -0.2) is 0 Å². The molecule has 0 aliphatic heterocycles. The summed E-state index contributed by atoms with van der Waals surface area (Å²) < 4.78 is 5.40. The Morgan fingerprint density at radius 1 is 1.64 bits per heavy atom. The van der Waals surface area contributed by atoms with Gasteiger partial charge in [-0.3, -0.25) is 10.6 Å². The molecule has 0 atom stereocenters. The van der Waals surface area contributed by atoms with Gasteiger partial charge in [-0.15, -0.1) is 0 Å². The first-order valence-electron chi connectivity index (χ1n) is 3.99. The van der Waals surface area contributed by atoms with E-state index in [0.29, 0.717) is 0 Å². The summed E-state index contributed by atoms with van der Waals surface area (Å²) in [6, 6.07) is 5.41. The third kappa shape index (κ3) is 2.71. The lowest BCUT2D eigenvalue weighted by atomic mass is 10.1. The van der Waals surface area contributed by atoms with Gasteiger partial charge in [-0.05, 0) is 17.7 Å². The van der Waals surface area contributed by atoms with Crippen molar-refractivity contribution < 1.29 is 9.53 Å². The highest BCUT2D eigenvalue weighted by atomic mass is 79.9. The molecule has 5 heteroatoms. The molecule has 0 aromatic heterocycles. The summed E-state index contributed by atoms with van der Waals surface area (Å²) in [5.74, 6) is 4.97. The minimum atomic E-state index is -0.265. The lowest BCUT2D eigenvalue weighted by Crippen LogP contribution is -2.08. The van der Waals surface area contributed by atoms with Gasteiger partial charge in [-0.2, -0.15) is 0 Å². The first-order chi connectivity index (χ1) is 6.67. The number of halogens is 1. The van der Waals surface area contributed by atoms with Crippen molar-refractivity contribution in [3.8, 4) is 0 Å². The number of ether oxygens (including phenoxy) is 1. The molecule has 14 heavy (non-hydrogen) atoms. The molecule has 0 aliphatic carbocycles. The van der Waals surface area contributed by atoms with Crippen molar-refractivity contribution in [1.82, 2.24) is 0 Å². The summed E-state index contributed by atoms with van der Waals surface area (Å²) >= 11 is 3.34. The topological polar surface area (TPSA) is 64.3 Å². The van der Waals surface area contributed by atoms with E-state index in [2.05, 4.69) is 26.1 Å². The number of hydrazine groups is 1. The monoisotopic (exact) mass is 258 g/mol. The van der Waals surface area contributed by atoms with Gasteiger partial charge in [0.25, 0.3) is 0 Å². The van der Waals surface area contributed by atoms with Gasteiger partial charge in [0, 0.05) is 10.2 Å². The molecule has 3 N–H and O–H groups in total. The zero-order chi connectivity index (χ0) is 10.6. The Kier molecular flexibility index (Phi) is 3.91. The molecule has 0 spiro atoms. The molecular weight excluding hydrogens is 248 g/mol.